The summed E-state index contributed by atoms with van der Waals surface area (Å²) >= 11 is 1.22. The van der Waals surface area contributed by atoms with E-state index in [2.05, 4.69) is 17.6 Å². The Kier molecular flexibility index (Phi) is 7.56. The highest BCUT2D eigenvalue weighted by Gasteiger charge is 2.21. The zero-order valence-electron chi connectivity index (χ0n) is 12.6. The summed E-state index contributed by atoms with van der Waals surface area (Å²) < 4.78 is 0. The first-order valence-corrected chi connectivity index (χ1v) is 8.41. The molecular weight excluding hydrogens is 292 g/mol. The number of amides is 2. The van der Waals surface area contributed by atoms with Crippen LogP contribution in [0, 0.1) is 5.92 Å². The summed E-state index contributed by atoms with van der Waals surface area (Å²) in [5.41, 5.74) is 0. The maximum atomic E-state index is 11.8. The highest BCUT2D eigenvalue weighted by Crippen LogP contribution is 2.23. The second-order valence-electron chi connectivity index (χ2n) is 5.63. The molecule has 3 N–H and O–H groups in total. The summed E-state index contributed by atoms with van der Waals surface area (Å²) in [6, 6.07) is -0.698. The lowest BCUT2D eigenvalue weighted by Gasteiger charge is -2.26. The van der Waals surface area contributed by atoms with E-state index in [9.17, 15) is 14.4 Å². The van der Waals surface area contributed by atoms with Gasteiger partial charge in [-0.3, -0.25) is 9.59 Å². The third-order valence-corrected chi connectivity index (χ3v) is 4.61. The van der Waals surface area contributed by atoms with E-state index >= 15 is 0 Å². The van der Waals surface area contributed by atoms with Crippen LogP contribution in [0.25, 0.3) is 0 Å². The van der Waals surface area contributed by atoms with Gasteiger partial charge < -0.3 is 15.7 Å². The van der Waals surface area contributed by atoms with Gasteiger partial charge in [0.25, 0.3) is 0 Å². The summed E-state index contributed by atoms with van der Waals surface area (Å²) in [7, 11) is 0. The van der Waals surface area contributed by atoms with Crippen molar-refractivity contribution in [1.29, 1.82) is 0 Å². The number of carbonyl (C=O) groups excluding carboxylic acids is 2. The SMILES string of the molecule is CC(=O)N[C@@H](CSCC(=O)NC1CCC(C)CC1)C(=O)O. The maximum Gasteiger partial charge on any atom is 0.327 e. The van der Waals surface area contributed by atoms with Gasteiger partial charge in [0.15, 0.2) is 0 Å². The number of thioether (sulfide) groups is 1. The Morgan fingerprint density at radius 1 is 1.24 bits per heavy atom. The molecule has 0 aliphatic heterocycles. The number of aliphatic carboxylic acids is 1. The first kappa shape index (κ1) is 17.8. The number of rotatable bonds is 7. The molecule has 120 valence electrons. The topological polar surface area (TPSA) is 95.5 Å². The Bertz CT molecular complexity index is 381. The van der Waals surface area contributed by atoms with Crippen molar-refractivity contribution in [2.75, 3.05) is 11.5 Å². The molecule has 2 amide bonds. The predicted molar refractivity (Wildman–Crippen MR) is 82.1 cm³/mol. The monoisotopic (exact) mass is 316 g/mol. The number of hydrogen-bond donors (Lipinski definition) is 3. The largest absolute Gasteiger partial charge is 0.480 e. The standard InChI is InChI=1S/C14H24N2O4S/c1-9-3-5-11(6-4-9)16-13(18)8-21-7-12(14(19)20)15-10(2)17/h9,11-12H,3-8H2,1-2H3,(H,15,17)(H,16,18)(H,19,20)/t9?,11?,12-/m0/s1. The van der Waals surface area contributed by atoms with Crippen molar-refractivity contribution in [3.05, 3.63) is 0 Å². The van der Waals surface area contributed by atoms with Gasteiger partial charge in [0.05, 0.1) is 5.75 Å². The average molecular weight is 316 g/mol. The quantitative estimate of drug-likeness (QED) is 0.651. The van der Waals surface area contributed by atoms with Gasteiger partial charge in [-0.1, -0.05) is 6.92 Å². The summed E-state index contributed by atoms with van der Waals surface area (Å²) in [6.07, 6.45) is 4.31. The number of carboxylic acids is 1. The number of carboxylic acid groups (broad SMARTS) is 1. The van der Waals surface area contributed by atoms with Crippen molar-refractivity contribution < 1.29 is 19.5 Å². The van der Waals surface area contributed by atoms with Crippen LogP contribution in [0.3, 0.4) is 0 Å². The number of carbonyl (C=O) groups is 3. The third-order valence-electron chi connectivity index (χ3n) is 3.57. The zero-order chi connectivity index (χ0) is 15.8. The van der Waals surface area contributed by atoms with Crippen LogP contribution in [0.1, 0.15) is 39.5 Å². The van der Waals surface area contributed by atoms with Gasteiger partial charge in [-0.05, 0) is 31.6 Å². The first-order chi connectivity index (χ1) is 9.88. The molecule has 21 heavy (non-hydrogen) atoms. The molecule has 1 rings (SSSR count). The molecule has 0 bridgehead atoms. The maximum absolute atomic E-state index is 11.8. The first-order valence-electron chi connectivity index (χ1n) is 7.25. The molecule has 0 spiro atoms. The van der Waals surface area contributed by atoms with Crippen LogP contribution in [-0.4, -0.2) is 46.5 Å². The van der Waals surface area contributed by atoms with Crippen molar-refractivity contribution in [3.8, 4) is 0 Å². The van der Waals surface area contributed by atoms with Crippen molar-refractivity contribution >= 4 is 29.5 Å². The lowest BCUT2D eigenvalue weighted by atomic mass is 9.87. The summed E-state index contributed by atoms with van der Waals surface area (Å²) in [4.78, 5) is 33.6. The van der Waals surface area contributed by atoms with E-state index in [1.165, 1.54) is 18.7 Å². The molecule has 0 radical (unpaired) electrons. The zero-order valence-corrected chi connectivity index (χ0v) is 13.4. The minimum absolute atomic E-state index is 0.0634. The Morgan fingerprint density at radius 2 is 1.86 bits per heavy atom. The molecule has 0 aromatic rings. The predicted octanol–water partition coefficient (Wildman–Crippen LogP) is 1.00. The van der Waals surface area contributed by atoms with Crippen LogP contribution in [0.15, 0.2) is 0 Å². The van der Waals surface area contributed by atoms with Crippen LogP contribution in [0.4, 0.5) is 0 Å². The van der Waals surface area contributed by atoms with E-state index in [1.54, 1.807) is 0 Å². The van der Waals surface area contributed by atoms with Crippen LogP contribution in [0.2, 0.25) is 0 Å². The molecule has 0 aromatic heterocycles. The van der Waals surface area contributed by atoms with E-state index in [1.807, 2.05) is 0 Å². The molecule has 0 saturated heterocycles. The van der Waals surface area contributed by atoms with Crippen LogP contribution >= 0.6 is 11.8 Å². The Labute approximate surface area is 129 Å². The van der Waals surface area contributed by atoms with Gasteiger partial charge in [0.1, 0.15) is 6.04 Å². The van der Waals surface area contributed by atoms with Crippen LogP contribution < -0.4 is 10.6 Å². The normalized spacial score (nSPS) is 23.1. The van der Waals surface area contributed by atoms with Gasteiger partial charge in [-0.25, -0.2) is 4.79 Å². The Balaban J connectivity index is 2.22. The van der Waals surface area contributed by atoms with Crippen molar-refractivity contribution in [3.63, 3.8) is 0 Å². The van der Waals surface area contributed by atoms with Gasteiger partial charge in [0.2, 0.25) is 11.8 Å². The Morgan fingerprint density at radius 3 is 2.38 bits per heavy atom. The van der Waals surface area contributed by atoms with Crippen molar-refractivity contribution in [1.82, 2.24) is 10.6 Å². The van der Waals surface area contributed by atoms with E-state index in [-0.39, 0.29) is 29.4 Å². The molecule has 0 heterocycles. The lowest BCUT2D eigenvalue weighted by Crippen LogP contribution is -2.42. The molecule has 0 aromatic carbocycles. The molecular formula is C14H24N2O4S. The van der Waals surface area contributed by atoms with Crippen LogP contribution in [-0.2, 0) is 14.4 Å². The van der Waals surface area contributed by atoms with E-state index in [0.717, 1.165) is 31.6 Å². The van der Waals surface area contributed by atoms with Crippen LogP contribution in [0.5, 0.6) is 0 Å². The molecule has 1 fully saturated rings. The van der Waals surface area contributed by atoms with Crippen molar-refractivity contribution in [2.24, 2.45) is 5.92 Å². The molecule has 1 saturated carbocycles. The van der Waals surface area contributed by atoms with Gasteiger partial charge >= 0.3 is 5.97 Å². The number of hydrogen-bond acceptors (Lipinski definition) is 4. The third kappa shape index (κ3) is 7.36. The number of nitrogens with one attached hydrogen (secondary N) is 2. The van der Waals surface area contributed by atoms with E-state index in [4.69, 9.17) is 5.11 Å². The molecule has 6 nitrogen and oxygen atoms in total. The second kappa shape index (κ2) is 8.92. The minimum atomic E-state index is -1.08. The van der Waals surface area contributed by atoms with Crippen molar-refractivity contribution in [2.45, 2.75) is 51.6 Å². The molecule has 1 aliphatic carbocycles. The molecule has 1 aliphatic rings. The smallest absolute Gasteiger partial charge is 0.327 e. The summed E-state index contributed by atoms with van der Waals surface area (Å²) in [5, 5.41) is 14.3. The molecule has 1 atom stereocenters. The van der Waals surface area contributed by atoms with Gasteiger partial charge in [0, 0.05) is 18.7 Å². The average Bonchev–Trinajstić information content (AvgIpc) is 2.39. The Hall–Kier alpha value is -1.24. The lowest BCUT2D eigenvalue weighted by molar-refractivity contribution is -0.140. The van der Waals surface area contributed by atoms with E-state index < -0.39 is 12.0 Å². The fourth-order valence-electron chi connectivity index (χ4n) is 2.36. The highest BCUT2D eigenvalue weighted by atomic mass is 32.2. The minimum Gasteiger partial charge on any atom is -0.480 e. The fourth-order valence-corrected chi connectivity index (χ4v) is 3.21. The molecule has 0 unspecified atom stereocenters. The fraction of sp³-hybridized carbons (Fsp3) is 0.786. The van der Waals surface area contributed by atoms with Gasteiger partial charge in [-0.15, -0.1) is 11.8 Å². The summed E-state index contributed by atoms with van der Waals surface area (Å²) in [6.45, 7) is 3.50. The summed E-state index contributed by atoms with van der Waals surface area (Å²) in [5.74, 6) is -0.393. The highest BCUT2D eigenvalue weighted by molar-refractivity contribution is 8.00. The molecule has 7 heteroatoms. The second-order valence-corrected chi connectivity index (χ2v) is 6.66. The van der Waals surface area contributed by atoms with Gasteiger partial charge in [-0.2, -0.15) is 0 Å². The van der Waals surface area contributed by atoms with E-state index in [0.29, 0.717) is 0 Å².